The van der Waals surface area contributed by atoms with Crippen LogP contribution in [0.15, 0.2) is 73.3 Å². The number of aryl methyl sites for hydroxylation is 1. The van der Waals surface area contributed by atoms with E-state index in [2.05, 4.69) is 20.4 Å². The van der Waals surface area contributed by atoms with Crippen LogP contribution in [0.3, 0.4) is 0 Å². The average Bonchev–Trinajstić information content (AvgIpc) is 3.21. The summed E-state index contributed by atoms with van der Waals surface area (Å²) in [7, 11) is 1.63. The van der Waals surface area contributed by atoms with E-state index in [0.29, 0.717) is 17.1 Å². The molecule has 2 heterocycles. The molecule has 0 saturated heterocycles. The number of rotatable bonds is 5. The van der Waals surface area contributed by atoms with Crippen molar-refractivity contribution in [3.63, 3.8) is 0 Å². The van der Waals surface area contributed by atoms with Gasteiger partial charge in [0.25, 0.3) is 5.91 Å². The van der Waals surface area contributed by atoms with Gasteiger partial charge in [-0.25, -0.2) is 9.97 Å². The number of hydrogen-bond donors (Lipinski definition) is 1. The number of alkyl halides is 3. The lowest BCUT2D eigenvalue weighted by Gasteiger charge is -2.15. The molecule has 162 valence electrons. The molecule has 4 rings (SSSR count). The van der Waals surface area contributed by atoms with Gasteiger partial charge in [0, 0.05) is 30.7 Å². The zero-order chi connectivity index (χ0) is 22.7. The van der Waals surface area contributed by atoms with Crippen LogP contribution in [0.1, 0.15) is 16.1 Å². The summed E-state index contributed by atoms with van der Waals surface area (Å²) >= 11 is 0. The van der Waals surface area contributed by atoms with Crippen LogP contribution < -0.4 is 10.1 Å². The molecule has 4 aromatic rings. The van der Waals surface area contributed by atoms with Crippen LogP contribution in [0.4, 0.5) is 18.9 Å². The van der Waals surface area contributed by atoms with Crippen molar-refractivity contribution in [2.75, 3.05) is 5.32 Å². The number of ether oxygens (including phenoxy) is 1. The van der Waals surface area contributed by atoms with Gasteiger partial charge in [-0.2, -0.15) is 18.3 Å². The number of anilines is 1. The van der Waals surface area contributed by atoms with Gasteiger partial charge in [-0.15, -0.1) is 0 Å². The predicted octanol–water partition coefficient (Wildman–Crippen LogP) is 4.94. The Labute approximate surface area is 180 Å². The van der Waals surface area contributed by atoms with Crippen molar-refractivity contribution in [2.24, 2.45) is 7.05 Å². The van der Waals surface area contributed by atoms with Gasteiger partial charge in [0.1, 0.15) is 23.5 Å². The number of nitrogens with zero attached hydrogens (tertiary/aromatic N) is 4. The van der Waals surface area contributed by atoms with Gasteiger partial charge in [0.05, 0.1) is 11.3 Å². The highest BCUT2D eigenvalue weighted by atomic mass is 19.4. The lowest BCUT2D eigenvalue weighted by atomic mass is 10.1. The minimum atomic E-state index is -4.49. The number of benzene rings is 2. The lowest BCUT2D eigenvalue weighted by Crippen LogP contribution is -2.13. The van der Waals surface area contributed by atoms with E-state index in [4.69, 9.17) is 4.74 Å². The Morgan fingerprint density at radius 1 is 1.03 bits per heavy atom. The van der Waals surface area contributed by atoms with Crippen LogP contribution in [-0.4, -0.2) is 25.7 Å². The molecule has 1 N–H and O–H groups in total. The van der Waals surface area contributed by atoms with Crippen molar-refractivity contribution in [1.29, 1.82) is 0 Å². The van der Waals surface area contributed by atoms with E-state index in [1.54, 1.807) is 37.4 Å². The molecule has 0 unspecified atom stereocenters. The molecule has 7 nitrogen and oxygen atoms in total. The molecule has 0 aliphatic rings. The third-order valence-electron chi connectivity index (χ3n) is 4.56. The number of amides is 1. The van der Waals surface area contributed by atoms with Crippen LogP contribution in [0.2, 0.25) is 0 Å². The summed E-state index contributed by atoms with van der Waals surface area (Å²) in [6.45, 7) is 0. The number of aromatic nitrogens is 4. The van der Waals surface area contributed by atoms with E-state index in [0.717, 1.165) is 12.1 Å². The van der Waals surface area contributed by atoms with Crippen molar-refractivity contribution in [2.45, 2.75) is 6.18 Å². The monoisotopic (exact) mass is 439 g/mol. The normalized spacial score (nSPS) is 11.2. The van der Waals surface area contributed by atoms with E-state index in [9.17, 15) is 18.0 Å². The van der Waals surface area contributed by atoms with Gasteiger partial charge < -0.3 is 10.1 Å². The van der Waals surface area contributed by atoms with Crippen LogP contribution in [0.25, 0.3) is 11.3 Å². The largest absolute Gasteiger partial charge is 0.457 e. The van der Waals surface area contributed by atoms with Crippen molar-refractivity contribution in [1.82, 2.24) is 19.7 Å². The summed E-state index contributed by atoms with van der Waals surface area (Å²) < 4.78 is 47.0. The first kappa shape index (κ1) is 21.0. The number of halogens is 3. The highest BCUT2D eigenvalue weighted by Crippen LogP contribution is 2.38. The third kappa shape index (κ3) is 4.59. The zero-order valence-electron chi connectivity index (χ0n) is 16.7. The van der Waals surface area contributed by atoms with E-state index in [1.165, 1.54) is 35.5 Å². The SMILES string of the molecule is Cn1nccc1-c1cc(C(F)(F)F)ccc1Oc1ccc(NC(=O)c2ccncn2)cc1. The molecular formula is C22H16F3N5O2. The van der Waals surface area contributed by atoms with Gasteiger partial charge in [-0.3, -0.25) is 9.48 Å². The Morgan fingerprint density at radius 2 is 1.81 bits per heavy atom. The molecule has 1 amide bonds. The molecule has 2 aromatic heterocycles. The number of carbonyl (C=O) groups excluding carboxylic acids is 1. The molecule has 0 radical (unpaired) electrons. The summed E-state index contributed by atoms with van der Waals surface area (Å²) in [6, 6.07) is 12.8. The van der Waals surface area contributed by atoms with E-state index in [-0.39, 0.29) is 17.0 Å². The Kier molecular flexibility index (Phi) is 5.59. The first-order valence-corrected chi connectivity index (χ1v) is 9.36. The average molecular weight is 439 g/mol. The molecule has 32 heavy (non-hydrogen) atoms. The van der Waals surface area contributed by atoms with E-state index < -0.39 is 17.6 Å². The maximum Gasteiger partial charge on any atom is 0.416 e. The molecule has 0 fully saturated rings. The number of hydrogen-bond acceptors (Lipinski definition) is 5. The summed E-state index contributed by atoms with van der Waals surface area (Å²) in [5, 5.41) is 6.72. The fourth-order valence-electron chi connectivity index (χ4n) is 2.99. The second-order valence-electron chi connectivity index (χ2n) is 6.72. The Hall–Kier alpha value is -4.21. The maximum atomic E-state index is 13.2. The van der Waals surface area contributed by atoms with Crippen molar-refractivity contribution in [3.8, 4) is 22.8 Å². The van der Waals surface area contributed by atoms with E-state index in [1.807, 2.05) is 0 Å². The molecular weight excluding hydrogens is 423 g/mol. The summed E-state index contributed by atoms with van der Waals surface area (Å²) in [5.41, 5.74) is 0.649. The molecule has 0 spiro atoms. The topological polar surface area (TPSA) is 81.9 Å². The number of nitrogens with one attached hydrogen (secondary N) is 1. The second-order valence-corrected chi connectivity index (χ2v) is 6.72. The van der Waals surface area contributed by atoms with Gasteiger partial charge >= 0.3 is 6.18 Å². The van der Waals surface area contributed by atoms with Gasteiger partial charge in [0.15, 0.2) is 0 Å². The van der Waals surface area contributed by atoms with Gasteiger partial charge in [-0.05, 0) is 54.6 Å². The summed E-state index contributed by atoms with van der Waals surface area (Å²) in [4.78, 5) is 19.8. The molecule has 0 saturated carbocycles. The molecule has 0 aliphatic heterocycles. The third-order valence-corrected chi connectivity index (χ3v) is 4.56. The van der Waals surface area contributed by atoms with Crippen LogP contribution >= 0.6 is 0 Å². The van der Waals surface area contributed by atoms with Crippen molar-refractivity contribution >= 4 is 11.6 Å². The molecule has 0 bridgehead atoms. The number of carbonyl (C=O) groups is 1. The van der Waals surface area contributed by atoms with Crippen LogP contribution in [0.5, 0.6) is 11.5 Å². The Balaban J connectivity index is 1.57. The van der Waals surface area contributed by atoms with Gasteiger partial charge in [0.2, 0.25) is 0 Å². The standard InChI is InChI=1S/C22H16F3N5O2/c1-30-19(9-11-28-30)17-12-14(22(23,24)25)2-7-20(17)32-16-5-3-15(4-6-16)29-21(31)18-8-10-26-13-27-18/h2-13H,1H3,(H,29,31). The Morgan fingerprint density at radius 3 is 2.44 bits per heavy atom. The summed E-state index contributed by atoms with van der Waals surface area (Å²) in [6.07, 6.45) is -0.261. The van der Waals surface area contributed by atoms with Crippen LogP contribution in [0, 0.1) is 0 Å². The first-order chi connectivity index (χ1) is 15.3. The highest BCUT2D eigenvalue weighted by Gasteiger charge is 2.31. The summed E-state index contributed by atoms with van der Waals surface area (Å²) in [5.74, 6) is 0.217. The van der Waals surface area contributed by atoms with E-state index >= 15 is 0 Å². The Bertz CT molecular complexity index is 1240. The second kappa shape index (κ2) is 8.50. The van der Waals surface area contributed by atoms with Crippen LogP contribution in [-0.2, 0) is 13.2 Å². The first-order valence-electron chi connectivity index (χ1n) is 9.36. The quantitative estimate of drug-likeness (QED) is 0.476. The molecule has 0 atom stereocenters. The van der Waals surface area contributed by atoms with Gasteiger partial charge in [-0.1, -0.05) is 0 Å². The highest BCUT2D eigenvalue weighted by molar-refractivity contribution is 6.02. The minimum Gasteiger partial charge on any atom is -0.457 e. The minimum absolute atomic E-state index is 0.214. The van der Waals surface area contributed by atoms with Crippen molar-refractivity contribution in [3.05, 3.63) is 84.6 Å². The fraction of sp³-hybridized carbons (Fsp3) is 0.0909. The molecule has 2 aromatic carbocycles. The smallest absolute Gasteiger partial charge is 0.416 e. The van der Waals surface area contributed by atoms with Crippen molar-refractivity contribution < 1.29 is 22.7 Å². The zero-order valence-corrected chi connectivity index (χ0v) is 16.7. The fourth-order valence-corrected chi connectivity index (χ4v) is 2.99. The maximum absolute atomic E-state index is 13.2. The lowest BCUT2D eigenvalue weighted by molar-refractivity contribution is -0.137. The molecule has 0 aliphatic carbocycles. The molecule has 10 heteroatoms. The predicted molar refractivity (Wildman–Crippen MR) is 110 cm³/mol.